The minimum Gasteiger partial charge on any atom is -0.489 e. The molecule has 0 aliphatic carbocycles. The summed E-state index contributed by atoms with van der Waals surface area (Å²) in [5, 5.41) is 18.4. The van der Waals surface area contributed by atoms with E-state index in [0.29, 0.717) is 40.6 Å². The zero-order valence-corrected chi connectivity index (χ0v) is 20.5. The molecule has 0 radical (unpaired) electrons. The molecule has 0 aromatic heterocycles. The van der Waals surface area contributed by atoms with Crippen LogP contribution in [0.5, 0.6) is 5.75 Å². The number of rotatable bonds is 10. The van der Waals surface area contributed by atoms with Crippen molar-refractivity contribution in [2.45, 2.75) is 38.8 Å². The Kier molecular flexibility index (Phi) is 9.52. The Labute approximate surface area is 210 Å². The van der Waals surface area contributed by atoms with Gasteiger partial charge in [-0.3, -0.25) is 4.79 Å². The average molecular weight is 496 g/mol. The predicted octanol–water partition coefficient (Wildman–Crippen LogP) is 5.49. The molecule has 0 fully saturated rings. The van der Waals surface area contributed by atoms with Crippen LogP contribution < -0.4 is 20.7 Å². The number of ether oxygens (including phenoxy) is 1. The van der Waals surface area contributed by atoms with Crippen molar-refractivity contribution in [2.75, 3.05) is 17.2 Å². The van der Waals surface area contributed by atoms with Crippen molar-refractivity contribution in [3.63, 3.8) is 0 Å². The first kappa shape index (κ1) is 26.1. The van der Waals surface area contributed by atoms with E-state index in [1.165, 1.54) is 0 Å². The molecule has 0 saturated heterocycles. The van der Waals surface area contributed by atoms with Gasteiger partial charge in [-0.05, 0) is 74.7 Å². The molecule has 4 N–H and O–H groups in total. The number of urea groups is 1. The summed E-state index contributed by atoms with van der Waals surface area (Å²) < 4.78 is 5.61. The van der Waals surface area contributed by atoms with Crippen LogP contribution in [0, 0.1) is 0 Å². The van der Waals surface area contributed by atoms with Crippen LogP contribution in [-0.4, -0.2) is 35.8 Å². The Morgan fingerprint density at radius 1 is 0.943 bits per heavy atom. The topological polar surface area (TPSA) is 99.7 Å². The van der Waals surface area contributed by atoms with Crippen LogP contribution in [-0.2, 0) is 6.42 Å². The largest absolute Gasteiger partial charge is 0.489 e. The summed E-state index contributed by atoms with van der Waals surface area (Å²) in [7, 11) is 0. The van der Waals surface area contributed by atoms with E-state index in [9.17, 15) is 14.7 Å². The van der Waals surface area contributed by atoms with Gasteiger partial charge in [0.2, 0.25) is 0 Å². The first-order valence-electron chi connectivity index (χ1n) is 11.4. The van der Waals surface area contributed by atoms with Gasteiger partial charge in [-0.1, -0.05) is 41.9 Å². The van der Waals surface area contributed by atoms with Crippen molar-refractivity contribution in [3.8, 4) is 5.75 Å². The molecule has 8 heteroatoms. The molecule has 0 aliphatic heterocycles. The zero-order chi connectivity index (χ0) is 25.2. The number of aliphatic hydroxyl groups excluding tert-OH is 1. The molecule has 0 spiro atoms. The summed E-state index contributed by atoms with van der Waals surface area (Å²) in [5.74, 6) is 0.244. The number of amides is 3. The summed E-state index contributed by atoms with van der Waals surface area (Å²) >= 11 is 6.26. The zero-order valence-electron chi connectivity index (χ0n) is 19.8. The Morgan fingerprint density at radius 2 is 1.60 bits per heavy atom. The Bertz CT molecular complexity index is 1120. The van der Waals surface area contributed by atoms with Gasteiger partial charge >= 0.3 is 6.03 Å². The molecule has 184 valence electrons. The van der Waals surface area contributed by atoms with Gasteiger partial charge in [0.1, 0.15) is 5.75 Å². The Hall–Kier alpha value is -3.55. The van der Waals surface area contributed by atoms with Gasteiger partial charge in [0.15, 0.2) is 0 Å². The van der Waals surface area contributed by atoms with Crippen molar-refractivity contribution in [1.82, 2.24) is 5.32 Å². The number of hydrogen-bond donors (Lipinski definition) is 4. The van der Waals surface area contributed by atoms with Crippen LogP contribution in [0.3, 0.4) is 0 Å². The van der Waals surface area contributed by atoms with Crippen molar-refractivity contribution in [1.29, 1.82) is 0 Å². The van der Waals surface area contributed by atoms with Gasteiger partial charge < -0.3 is 25.8 Å². The Balaban J connectivity index is 1.58. The minimum atomic E-state index is -0.335. The SMILES string of the molecule is CC(C)Oc1ccc(C(=O)N[C@H](CCO)Cc2ccc(NC(=O)Nc3ccccc3)cc2)cc1Cl. The fourth-order valence-electron chi connectivity index (χ4n) is 3.47. The highest BCUT2D eigenvalue weighted by Crippen LogP contribution is 2.26. The molecule has 3 amide bonds. The van der Waals surface area contributed by atoms with Crippen LogP contribution in [0.4, 0.5) is 16.2 Å². The van der Waals surface area contributed by atoms with Gasteiger partial charge in [-0.25, -0.2) is 4.79 Å². The third-order valence-corrected chi connectivity index (χ3v) is 5.39. The first-order valence-corrected chi connectivity index (χ1v) is 11.8. The highest BCUT2D eigenvalue weighted by Gasteiger charge is 2.16. The second kappa shape index (κ2) is 12.8. The number of benzene rings is 3. The minimum absolute atomic E-state index is 0.0269. The second-order valence-corrected chi connectivity index (χ2v) is 8.75. The number of para-hydroxylation sites is 1. The predicted molar refractivity (Wildman–Crippen MR) is 139 cm³/mol. The number of nitrogens with one attached hydrogen (secondary N) is 3. The van der Waals surface area contributed by atoms with Crippen LogP contribution >= 0.6 is 11.6 Å². The first-order chi connectivity index (χ1) is 16.8. The van der Waals surface area contributed by atoms with Crippen LogP contribution in [0.1, 0.15) is 36.2 Å². The van der Waals surface area contributed by atoms with Gasteiger partial charge in [-0.15, -0.1) is 0 Å². The highest BCUT2D eigenvalue weighted by atomic mass is 35.5. The average Bonchev–Trinajstić information content (AvgIpc) is 2.82. The molecule has 0 unspecified atom stereocenters. The van der Waals surface area contributed by atoms with Gasteiger partial charge in [0.25, 0.3) is 5.91 Å². The monoisotopic (exact) mass is 495 g/mol. The van der Waals surface area contributed by atoms with Gasteiger partial charge in [0.05, 0.1) is 11.1 Å². The Morgan fingerprint density at radius 3 is 2.20 bits per heavy atom. The standard InChI is InChI=1S/C27H30ClN3O4/c1-18(2)35-25-13-10-20(17-24(25)28)26(33)29-23(14-15-32)16-19-8-11-22(12-9-19)31-27(34)30-21-6-4-3-5-7-21/h3-13,17-18,23,32H,14-16H2,1-2H3,(H,29,33)(H2,30,31,34)/t23-/m1/s1. The van der Waals surface area contributed by atoms with E-state index < -0.39 is 0 Å². The molecule has 0 bridgehead atoms. The van der Waals surface area contributed by atoms with Crippen molar-refractivity contribution >= 4 is 34.9 Å². The summed E-state index contributed by atoms with van der Waals surface area (Å²) in [4.78, 5) is 25.0. The highest BCUT2D eigenvalue weighted by molar-refractivity contribution is 6.32. The van der Waals surface area contributed by atoms with E-state index >= 15 is 0 Å². The maximum atomic E-state index is 12.8. The number of halogens is 1. The quantitative estimate of drug-likeness (QED) is 0.298. The lowest BCUT2D eigenvalue weighted by molar-refractivity contribution is 0.0930. The molecular weight excluding hydrogens is 466 g/mol. The fourth-order valence-corrected chi connectivity index (χ4v) is 3.69. The number of anilines is 2. The van der Waals surface area contributed by atoms with Crippen LogP contribution in [0.15, 0.2) is 72.8 Å². The fraction of sp³-hybridized carbons (Fsp3) is 0.259. The third-order valence-electron chi connectivity index (χ3n) is 5.10. The summed E-state index contributed by atoms with van der Waals surface area (Å²) in [5.41, 5.74) is 2.71. The molecule has 0 saturated carbocycles. The number of carbonyl (C=O) groups is 2. The molecule has 0 heterocycles. The lowest BCUT2D eigenvalue weighted by Gasteiger charge is -2.19. The van der Waals surface area contributed by atoms with Crippen molar-refractivity contribution in [3.05, 3.63) is 88.9 Å². The number of hydrogen-bond acceptors (Lipinski definition) is 4. The van der Waals surface area contributed by atoms with E-state index in [4.69, 9.17) is 16.3 Å². The molecular formula is C27H30ClN3O4. The van der Waals surface area contributed by atoms with Gasteiger partial charge in [0, 0.05) is 29.6 Å². The third kappa shape index (κ3) is 8.31. The number of carbonyl (C=O) groups excluding carboxylic acids is 2. The van der Waals surface area contributed by atoms with E-state index in [0.717, 1.165) is 5.56 Å². The van der Waals surface area contributed by atoms with E-state index in [-0.39, 0.29) is 30.7 Å². The van der Waals surface area contributed by atoms with Crippen LogP contribution in [0.2, 0.25) is 5.02 Å². The van der Waals surface area contributed by atoms with Crippen LogP contribution in [0.25, 0.3) is 0 Å². The molecule has 3 aromatic carbocycles. The van der Waals surface area contributed by atoms with E-state index in [1.54, 1.807) is 42.5 Å². The van der Waals surface area contributed by atoms with Crippen molar-refractivity contribution < 1.29 is 19.4 Å². The molecule has 0 aliphatic rings. The summed E-state index contributed by atoms with van der Waals surface area (Å²) in [6.45, 7) is 3.74. The molecule has 7 nitrogen and oxygen atoms in total. The van der Waals surface area contributed by atoms with Crippen molar-refractivity contribution in [2.24, 2.45) is 0 Å². The normalized spacial score (nSPS) is 11.6. The van der Waals surface area contributed by atoms with E-state index in [2.05, 4.69) is 16.0 Å². The molecule has 3 rings (SSSR count). The molecule has 3 aromatic rings. The van der Waals surface area contributed by atoms with E-state index in [1.807, 2.05) is 44.2 Å². The maximum Gasteiger partial charge on any atom is 0.323 e. The summed E-state index contributed by atoms with van der Waals surface area (Å²) in [6.07, 6.45) is 0.888. The lowest BCUT2D eigenvalue weighted by atomic mass is 10.0. The smallest absolute Gasteiger partial charge is 0.323 e. The maximum absolute atomic E-state index is 12.8. The number of aliphatic hydroxyl groups is 1. The lowest BCUT2D eigenvalue weighted by Crippen LogP contribution is -2.37. The molecule has 1 atom stereocenters. The van der Waals surface area contributed by atoms with Gasteiger partial charge in [-0.2, -0.15) is 0 Å². The summed E-state index contributed by atoms with van der Waals surface area (Å²) in [6, 6.07) is 20.8. The second-order valence-electron chi connectivity index (χ2n) is 8.34. The molecule has 35 heavy (non-hydrogen) atoms.